The van der Waals surface area contributed by atoms with Gasteiger partial charge in [0.05, 0.1) is 19.9 Å². The minimum atomic E-state index is -3.93. The van der Waals surface area contributed by atoms with E-state index in [0.717, 1.165) is 28.1 Å². The molecule has 4 aromatic rings. The van der Waals surface area contributed by atoms with Crippen molar-refractivity contribution in [2.45, 2.75) is 18.7 Å². The van der Waals surface area contributed by atoms with Crippen molar-refractivity contribution in [2.75, 3.05) is 18.9 Å². The number of hydrogen-bond donors (Lipinski definition) is 1. The Balaban J connectivity index is 1.69. The van der Waals surface area contributed by atoms with Gasteiger partial charge in [-0.05, 0) is 61.4 Å². The number of benzene rings is 2. The van der Waals surface area contributed by atoms with E-state index in [4.69, 9.17) is 9.47 Å². The zero-order valence-electron chi connectivity index (χ0n) is 16.8. The predicted octanol–water partition coefficient (Wildman–Crippen LogP) is 3.89. The van der Waals surface area contributed by atoms with E-state index in [9.17, 15) is 8.42 Å². The van der Waals surface area contributed by atoms with E-state index < -0.39 is 10.0 Å². The van der Waals surface area contributed by atoms with Gasteiger partial charge in [0.1, 0.15) is 16.4 Å². The third-order valence-corrected chi connectivity index (χ3v) is 6.93. The van der Waals surface area contributed by atoms with E-state index in [1.165, 1.54) is 18.4 Å². The smallest absolute Gasteiger partial charge is 0.267 e. The molecule has 0 saturated carbocycles. The number of fused-ring (bicyclic) bond motifs is 1. The third kappa shape index (κ3) is 3.59. The molecule has 10 heteroatoms. The zero-order chi connectivity index (χ0) is 21.5. The first-order valence-corrected chi connectivity index (χ1v) is 11.4. The van der Waals surface area contributed by atoms with Gasteiger partial charge in [0.15, 0.2) is 0 Å². The summed E-state index contributed by atoms with van der Waals surface area (Å²) in [5, 5.41) is 6.27. The van der Waals surface area contributed by atoms with Crippen molar-refractivity contribution in [3.05, 3.63) is 52.9 Å². The minimum Gasteiger partial charge on any atom is -0.497 e. The number of nitrogens with one attached hydrogen (secondary N) is 1. The monoisotopic (exact) mass is 444 g/mol. The van der Waals surface area contributed by atoms with E-state index >= 15 is 0 Å². The lowest BCUT2D eigenvalue weighted by molar-refractivity contribution is 0.402. The van der Waals surface area contributed by atoms with Crippen LogP contribution in [0.25, 0.3) is 16.2 Å². The Hall–Kier alpha value is -3.11. The lowest BCUT2D eigenvalue weighted by Gasteiger charge is -2.12. The van der Waals surface area contributed by atoms with Crippen molar-refractivity contribution in [3.63, 3.8) is 0 Å². The van der Waals surface area contributed by atoms with Crippen molar-refractivity contribution in [1.29, 1.82) is 0 Å². The summed E-state index contributed by atoms with van der Waals surface area (Å²) in [5.41, 5.74) is 3.50. The first-order chi connectivity index (χ1) is 14.3. The summed E-state index contributed by atoms with van der Waals surface area (Å²) in [5.74, 6) is 1.02. The van der Waals surface area contributed by atoms with Gasteiger partial charge in [0, 0.05) is 10.9 Å². The lowest BCUT2D eigenvalue weighted by Crippen LogP contribution is -2.15. The van der Waals surface area contributed by atoms with Crippen LogP contribution < -0.4 is 14.2 Å². The second-order valence-corrected chi connectivity index (χ2v) is 9.16. The molecule has 0 spiro atoms. The molecule has 0 radical (unpaired) electrons. The number of rotatable bonds is 6. The Kier molecular flexibility index (Phi) is 5.12. The van der Waals surface area contributed by atoms with Gasteiger partial charge < -0.3 is 9.47 Å². The van der Waals surface area contributed by atoms with Crippen LogP contribution in [-0.2, 0) is 10.0 Å². The molecule has 2 aromatic carbocycles. The fourth-order valence-electron chi connectivity index (χ4n) is 2.99. The number of thiazole rings is 1. The summed E-state index contributed by atoms with van der Waals surface area (Å²) in [6, 6.07) is 10.8. The molecule has 4 rings (SSSR count). The molecular formula is C20H20N4O4S2. The number of sulfonamides is 1. The average molecular weight is 445 g/mol. The SMILES string of the molecule is COc1ccc(-c2csc3nc(NS(=O)(=O)c4cc(C)c(C)cc4OC)nn23)cc1. The maximum atomic E-state index is 13.0. The van der Waals surface area contributed by atoms with Crippen LogP contribution in [0.4, 0.5) is 5.95 Å². The second kappa shape index (κ2) is 7.62. The van der Waals surface area contributed by atoms with Gasteiger partial charge >= 0.3 is 0 Å². The summed E-state index contributed by atoms with van der Waals surface area (Å²) in [4.78, 5) is 4.93. The summed E-state index contributed by atoms with van der Waals surface area (Å²) >= 11 is 1.37. The van der Waals surface area contributed by atoms with Gasteiger partial charge in [-0.1, -0.05) is 0 Å². The first-order valence-electron chi connectivity index (χ1n) is 8.99. The van der Waals surface area contributed by atoms with Gasteiger partial charge in [-0.2, -0.15) is 4.98 Å². The molecule has 30 heavy (non-hydrogen) atoms. The molecule has 8 nitrogen and oxygen atoms in total. The number of anilines is 1. The van der Waals surface area contributed by atoms with Crippen LogP contribution in [0.3, 0.4) is 0 Å². The molecule has 0 unspecified atom stereocenters. The number of hydrogen-bond acceptors (Lipinski definition) is 7. The molecule has 0 bridgehead atoms. The van der Waals surface area contributed by atoms with Gasteiger partial charge in [-0.15, -0.1) is 16.4 Å². The van der Waals surface area contributed by atoms with E-state index in [1.54, 1.807) is 23.8 Å². The van der Waals surface area contributed by atoms with E-state index in [-0.39, 0.29) is 16.6 Å². The molecule has 0 saturated heterocycles. The summed E-state index contributed by atoms with van der Waals surface area (Å²) in [7, 11) is -0.884. The molecule has 0 fully saturated rings. The Morgan fingerprint density at radius 2 is 1.73 bits per heavy atom. The van der Waals surface area contributed by atoms with Crippen molar-refractivity contribution in [1.82, 2.24) is 14.6 Å². The fraction of sp³-hybridized carbons (Fsp3) is 0.200. The average Bonchev–Trinajstić information content (AvgIpc) is 3.29. The van der Waals surface area contributed by atoms with Crippen LogP contribution in [0, 0.1) is 13.8 Å². The molecule has 2 heterocycles. The standard InChI is InChI=1S/C20H20N4O4S2/c1-12-9-17(28-4)18(10-13(12)2)30(25,26)23-19-21-20-24(22-19)16(11-29-20)14-5-7-15(27-3)8-6-14/h5-11H,1-4H3,(H,22,23). The Morgan fingerprint density at radius 1 is 1.03 bits per heavy atom. The largest absolute Gasteiger partial charge is 0.497 e. The van der Waals surface area contributed by atoms with Crippen molar-refractivity contribution >= 4 is 32.3 Å². The molecule has 0 aliphatic carbocycles. The maximum Gasteiger partial charge on any atom is 0.267 e. The predicted molar refractivity (Wildman–Crippen MR) is 116 cm³/mol. The summed E-state index contributed by atoms with van der Waals surface area (Å²) < 4.78 is 40.5. The molecule has 0 aliphatic heterocycles. The quantitative estimate of drug-likeness (QED) is 0.485. The van der Waals surface area contributed by atoms with Crippen LogP contribution >= 0.6 is 11.3 Å². The van der Waals surface area contributed by atoms with Gasteiger partial charge in [0.2, 0.25) is 4.96 Å². The van der Waals surface area contributed by atoms with Crippen LogP contribution in [-0.4, -0.2) is 37.2 Å². The summed E-state index contributed by atoms with van der Waals surface area (Å²) in [6.07, 6.45) is 0. The third-order valence-electron chi connectivity index (χ3n) is 4.76. The van der Waals surface area contributed by atoms with Crippen LogP contribution in [0.15, 0.2) is 46.7 Å². The van der Waals surface area contributed by atoms with Crippen molar-refractivity contribution in [3.8, 4) is 22.8 Å². The molecule has 2 aromatic heterocycles. The number of aryl methyl sites for hydroxylation is 2. The molecular weight excluding hydrogens is 424 g/mol. The molecule has 0 amide bonds. The number of ether oxygens (including phenoxy) is 2. The molecule has 156 valence electrons. The fourth-order valence-corrected chi connectivity index (χ4v) is 5.00. The Labute approximate surface area is 178 Å². The van der Waals surface area contributed by atoms with Crippen molar-refractivity contribution in [2.24, 2.45) is 0 Å². The van der Waals surface area contributed by atoms with E-state index in [2.05, 4.69) is 14.8 Å². The molecule has 0 aliphatic rings. The highest BCUT2D eigenvalue weighted by molar-refractivity contribution is 7.92. The molecule has 1 N–H and O–H groups in total. The highest BCUT2D eigenvalue weighted by Gasteiger charge is 2.23. The Bertz CT molecular complexity index is 1330. The maximum absolute atomic E-state index is 13.0. The van der Waals surface area contributed by atoms with Gasteiger partial charge in [-0.3, -0.25) is 0 Å². The van der Waals surface area contributed by atoms with Crippen LogP contribution in [0.5, 0.6) is 11.5 Å². The van der Waals surface area contributed by atoms with Crippen LogP contribution in [0.2, 0.25) is 0 Å². The summed E-state index contributed by atoms with van der Waals surface area (Å²) in [6.45, 7) is 3.74. The van der Waals surface area contributed by atoms with Gasteiger partial charge in [0.25, 0.3) is 16.0 Å². The lowest BCUT2D eigenvalue weighted by atomic mass is 10.1. The van der Waals surface area contributed by atoms with E-state index in [1.807, 2.05) is 43.5 Å². The molecule has 0 atom stereocenters. The second-order valence-electron chi connectivity index (χ2n) is 6.67. The highest BCUT2D eigenvalue weighted by Crippen LogP contribution is 2.30. The topological polar surface area (TPSA) is 94.8 Å². The normalized spacial score (nSPS) is 11.6. The first kappa shape index (κ1) is 20.2. The zero-order valence-corrected chi connectivity index (χ0v) is 18.5. The van der Waals surface area contributed by atoms with Crippen molar-refractivity contribution < 1.29 is 17.9 Å². The highest BCUT2D eigenvalue weighted by atomic mass is 32.2. The van der Waals surface area contributed by atoms with E-state index in [0.29, 0.717) is 4.96 Å². The van der Waals surface area contributed by atoms with Crippen LogP contribution in [0.1, 0.15) is 11.1 Å². The minimum absolute atomic E-state index is 0.00288. The number of nitrogens with zero attached hydrogens (tertiary/aromatic N) is 3. The van der Waals surface area contributed by atoms with Gasteiger partial charge in [-0.25, -0.2) is 17.7 Å². The Morgan fingerprint density at radius 3 is 2.40 bits per heavy atom. The number of methoxy groups -OCH3 is 2. The number of aromatic nitrogens is 3.